The molecule has 8 rings (SSSR count). The number of carbonyl (C=O) groups is 5. The van der Waals surface area contributed by atoms with Crippen LogP contribution in [0.2, 0.25) is 10.0 Å². The van der Waals surface area contributed by atoms with Gasteiger partial charge >= 0.3 is 5.97 Å². The number of carboxylic acid groups (broad SMARTS) is 1. The van der Waals surface area contributed by atoms with Gasteiger partial charge in [0.05, 0.1) is 41.0 Å². The van der Waals surface area contributed by atoms with E-state index in [0.717, 1.165) is 10.6 Å². The van der Waals surface area contributed by atoms with Gasteiger partial charge in [-0.25, -0.2) is 0 Å². The molecule has 1 saturated carbocycles. The average molecular weight is 769 g/mol. The fraction of sp³-hybridized carbons (Fsp3) is 0.293. The number of halogens is 2. The van der Waals surface area contributed by atoms with E-state index in [9.17, 15) is 29.4 Å². The van der Waals surface area contributed by atoms with Crippen molar-refractivity contribution in [1.82, 2.24) is 9.91 Å². The van der Waals surface area contributed by atoms with Gasteiger partial charge in [-0.1, -0.05) is 77.3 Å². The lowest BCUT2D eigenvalue weighted by atomic mass is 9.49. The van der Waals surface area contributed by atoms with Crippen LogP contribution in [0.25, 0.3) is 10.8 Å². The first kappa shape index (κ1) is 35.6. The zero-order chi connectivity index (χ0) is 38.1. The molecule has 11 nitrogen and oxygen atoms in total. The Morgan fingerprint density at radius 2 is 1.67 bits per heavy atom. The number of ether oxygens (including phenoxy) is 1. The fourth-order valence-corrected chi connectivity index (χ4v) is 9.87. The van der Waals surface area contributed by atoms with Gasteiger partial charge in [-0.2, -0.15) is 5.01 Å². The zero-order valence-corrected chi connectivity index (χ0v) is 30.5. The number of nitrogens with zero attached hydrogens (tertiary/aromatic N) is 2. The number of anilines is 1. The molecule has 2 heterocycles. The quantitative estimate of drug-likeness (QED) is 0.125. The number of phenols is 1. The van der Waals surface area contributed by atoms with Crippen molar-refractivity contribution < 1.29 is 38.9 Å². The number of hydrazine groups is 1. The van der Waals surface area contributed by atoms with Crippen molar-refractivity contribution in [2.45, 2.75) is 37.0 Å². The van der Waals surface area contributed by atoms with Gasteiger partial charge in [0.1, 0.15) is 11.5 Å². The molecule has 4 amide bonds. The summed E-state index contributed by atoms with van der Waals surface area (Å²) >= 11 is 12.7. The summed E-state index contributed by atoms with van der Waals surface area (Å²) in [6, 6.07) is 22.3. The third-order valence-corrected chi connectivity index (χ3v) is 12.2. The van der Waals surface area contributed by atoms with Crippen LogP contribution >= 0.6 is 23.2 Å². The molecule has 2 saturated heterocycles. The van der Waals surface area contributed by atoms with Gasteiger partial charge in [-0.3, -0.25) is 34.3 Å². The molecule has 0 radical (unpaired) electrons. The maximum absolute atomic E-state index is 15.5. The molecule has 0 spiro atoms. The van der Waals surface area contributed by atoms with E-state index in [1.54, 1.807) is 60.7 Å². The van der Waals surface area contributed by atoms with Crippen LogP contribution in [0.1, 0.15) is 42.7 Å². The van der Waals surface area contributed by atoms with Crippen molar-refractivity contribution in [2.24, 2.45) is 23.7 Å². The first-order chi connectivity index (χ1) is 26.0. The van der Waals surface area contributed by atoms with E-state index >= 15 is 4.79 Å². The number of amides is 4. The third-order valence-electron chi connectivity index (χ3n) is 11.7. The predicted octanol–water partition coefficient (Wildman–Crippen LogP) is 6.71. The van der Waals surface area contributed by atoms with Crippen LogP contribution in [-0.4, -0.2) is 63.4 Å². The number of allylic oxidation sites excluding steroid dienone is 2. The second-order valence-corrected chi connectivity index (χ2v) is 15.1. The summed E-state index contributed by atoms with van der Waals surface area (Å²) in [5.41, 5.74) is 3.67. The molecule has 54 heavy (non-hydrogen) atoms. The summed E-state index contributed by atoms with van der Waals surface area (Å²) in [4.78, 5) is 71.0. The Bertz CT molecular complexity index is 2290. The molecule has 4 aromatic carbocycles. The molecule has 3 N–H and O–H groups in total. The second-order valence-electron chi connectivity index (χ2n) is 14.3. The topological polar surface area (TPSA) is 154 Å². The molecule has 0 aromatic heterocycles. The lowest BCUT2D eigenvalue weighted by molar-refractivity contribution is -0.142. The molecule has 6 atom stereocenters. The molecule has 4 aliphatic rings. The number of carbonyl (C=O) groups excluding carboxylic acids is 4. The number of rotatable bonds is 9. The van der Waals surface area contributed by atoms with Crippen LogP contribution in [-0.2, 0) is 29.4 Å². The van der Waals surface area contributed by atoms with E-state index in [1.165, 1.54) is 18.1 Å². The maximum Gasteiger partial charge on any atom is 0.303 e. The van der Waals surface area contributed by atoms with Crippen LogP contribution in [0.15, 0.2) is 90.5 Å². The van der Waals surface area contributed by atoms with Crippen LogP contribution in [0.5, 0.6) is 11.5 Å². The largest absolute Gasteiger partial charge is 0.507 e. The van der Waals surface area contributed by atoms with Gasteiger partial charge in [0.25, 0.3) is 11.8 Å². The van der Waals surface area contributed by atoms with Crippen LogP contribution in [0.4, 0.5) is 5.69 Å². The summed E-state index contributed by atoms with van der Waals surface area (Å²) in [6.45, 7) is -0.0266. The zero-order valence-electron chi connectivity index (χ0n) is 29.0. The lowest BCUT2D eigenvalue weighted by Gasteiger charge is -2.51. The smallest absolute Gasteiger partial charge is 0.303 e. The lowest BCUT2D eigenvalue weighted by Crippen LogP contribution is -2.53. The van der Waals surface area contributed by atoms with Crippen LogP contribution in [0.3, 0.4) is 0 Å². The van der Waals surface area contributed by atoms with E-state index in [0.29, 0.717) is 32.7 Å². The number of hydrogen-bond donors (Lipinski definition) is 3. The van der Waals surface area contributed by atoms with Gasteiger partial charge < -0.3 is 14.9 Å². The molecule has 276 valence electrons. The number of nitrogens with one attached hydrogen (secondary N) is 1. The fourth-order valence-electron chi connectivity index (χ4n) is 9.42. The van der Waals surface area contributed by atoms with E-state index in [4.69, 9.17) is 27.9 Å². The van der Waals surface area contributed by atoms with Crippen LogP contribution < -0.4 is 10.2 Å². The Morgan fingerprint density at radius 1 is 0.926 bits per heavy atom. The van der Waals surface area contributed by atoms with Crippen molar-refractivity contribution in [2.75, 3.05) is 19.1 Å². The number of benzene rings is 4. The van der Waals surface area contributed by atoms with Crippen molar-refractivity contribution >= 4 is 69.3 Å². The Labute approximate surface area is 320 Å². The van der Waals surface area contributed by atoms with Crippen molar-refractivity contribution in [3.05, 3.63) is 112 Å². The summed E-state index contributed by atoms with van der Waals surface area (Å²) in [6.07, 6.45) is 2.17. The average Bonchev–Trinajstić information content (AvgIpc) is 3.53. The molecule has 3 fully saturated rings. The number of carboxylic acids is 1. The third kappa shape index (κ3) is 5.35. The standard InChI is InChI=1S/C41H35Cl2N3O8/c1-54-23-11-8-21(9-12-23)41-30(38(51)46(40(41)53)44-32-16-10-22(42)19-31(32)43)20-29-27(36(41)26-15-17-33(47)25-6-3-2-5-24(25)26)13-14-28-35(29)39(52)45(37(28)50)18-4-7-34(48)49/h2-3,5-6,8-13,15-17,19,28-30,35-36,44,47H,4,7,14,18,20H2,1H3,(H,48,49). The summed E-state index contributed by atoms with van der Waals surface area (Å²) < 4.78 is 5.48. The highest BCUT2D eigenvalue weighted by molar-refractivity contribution is 6.36. The highest BCUT2D eigenvalue weighted by atomic mass is 35.5. The second kappa shape index (κ2) is 13.5. The minimum atomic E-state index is -1.57. The summed E-state index contributed by atoms with van der Waals surface area (Å²) in [5.74, 6) is -6.29. The van der Waals surface area contributed by atoms with E-state index in [1.807, 2.05) is 18.2 Å². The van der Waals surface area contributed by atoms with Crippen molar-refractivity contribution in [3.63, 3.8) is 0 Å². The van der Waals surface area contributed by atoms with E-state index in [-0.39, 0.29) is 54.6 Å². The molecular weight excluding hydrogens is 733 g/mol. The monoisotopic (exact) mass is 767 g/mol. The maximum atomic E-state index is 15.5. The number of methoxy groups -OCH3 is 1. The number of likely N-dealkylation sites (tertiary alicyclic amines) is 1. The molecule has 13 heteroatoms. The van der Waals surface area contributed by atoms with E-state index < -0.39 is 58.7 Å². The molecular formula is C41H35Cl2N3O8. The Kier molecular flexibility index (Phi) is 8.89. The number of hydrogen-bond acceptors (Lipinski definition) is 8. The Hall–Kier alpha value is -5.39. The molecule has 2 aliphatic carbocycles. The molecule has 2 aliphatic heterocycles. The normalized spacial score (nSPS) is 26.1. The first-order valence-corrected chi connectivity index (χ1v) is 18.4. The summed E-state index contributed by atoms with van der Waals surface area (Å²) in [7, 11) is 1.53. The molecule has 6 unspecified atom stereocenters. The van der Waals surface area contributed by atoms with Gasteiger partial charge in [0.2, 0.25) is 11.8 Å². The molecule has 0 bridgehead atoms. The van der Waals surface area contributed by atoms with Gasteiger partial charge in [0.15, 0.2) is 0 Å². The highest BCUT2D eigenvalue weighted by Crippen LogP contribution is 2.65. The van der Waals surface area contributed by atoms with Gasteiger partial charge in [-0.05, 0) is 78.1 Å². The minimum absolute atomic E-state index is 0.0266. The number of aliphatic carboxylic acids is 1. The van der Waals surface area contributed by atoms with E-state index in [2.05, 4.69) is 5.43 Å². The number of imide groups is 2. The van der Waals surface area contributed by atoms with Gasteiger partial charge in [0, 0.05) is 29.3 Å². The van der Waals surface area contributed by atoms with Gasteiger partial charge in [-0.15, -0.1) is 0 Å². The molecule has 4 aromatic rings. The highest BCUT2D eigenvalue weighted by Gasteiger charge is 2.70. The van der Waals surface area contributed by atoms with Crippen molar-refractivity contribution in [3.8, 4) is 11.5 Å². The van der Waals surface area contributed by atoms with Crippen molar-refractivity contribution in [1.29, 1.82) is 0 Å². The Balaban J connectivity index is 1.35. The number of fused-ring (bicyclic) bond motifs is 5. The SMILES string of the molecule is COc1ccc(C23C(=O)N(Nc4ccc(Cl)cc4Cl)C(=O)C2CC2C(=CCC4C(=O)N(CCCC(=O)O)C(=O)C42)C3c2ccc(O)c3ccccc23)cc1. The minimum Gasteiger partial charge on any atom is -0.507 e. The van der Waals surface area contributed by atoms with Crippen LogP contribution in [0, 0.1) is 23.7 Å². The number of aromatic hydroxyl groups is 1. The summed E-state index contributed by atoms with van der Waals surface area (Å²) in [5, 5.41) is 23.0. The Morgan fingerprint density at radius 3 is 2.37 bits per heavy atom. The number of phenolic OH excluding ortho intramolecular Hbond substituents is 1. The predicted molar refractivity (Wildman–Crippen MR) is 200 cm³/mol. The first-order valence-electron chi connectivity index (χ1n) is 17.7.